The summed E-state index contributed by atoms with van der Waals surface area (Å²) in [4.78, 5) is 9.49. The second kappa shape index (κ2) is 5.30. The van der Waals surface area contributed by atoms with Crippen LogP contribution in [0.15, 0.2) is 15.9 Å². The Morgan fingerprint density at radius 1 is 1.53 bits per heavy atom. The predicted molar refractivity (Wildman–Crippen MR) is 73.2 cm³/mol. The number of ether oxygens (including phenoxy) is 1. The first-order valence-corrected chi connectivity index (χ1v) is 6.72. The molecule has 0 unspecified atom stereocenters. The molecule has 0 amide bonds. The van der Waals surface area contributed by atoms with Crippen LogP contribution >= 0.6 is 38.9 Å². The van der Waals surface area contributed by atoms with Crippen LogP contribution in [0.1, 0.15) is 5.69 Å². The molecule has 0 fully saturated rings. The molecule has 0 radical (unpaired) electrons. The van der Waals surface area contributed by atoms with E-state index in [1.54, 1.807) is 7.11 Å². The Bertz CT molecular complexity index is 546. The highest BCUT2D eigenvalue weighted by molar-refractivity contribution is 9.10. The van der Waals surface area contributed by atoms with E-state index in [9.17, 15) is 0 Å². The lowest BCUT2D eigenvalue weighted by molar-refractivity contribution is 0.181. The summed E-state index contributed by atoms with van der Waals surface area (Å²) >= 11 is 10.7. The first-order valence-electron chi connectivity index (χ1n) is 4.67. The number of nitrogens with zero attached hydrogens (tertiary/aromatic N) is 2. The topological polar surface area (TPSA) is 61.0 Å². The molecule has 2 aromatic rings. The van der Waals surface area contributed by atoms with Crippen LogP contribution in [-0.4, -0.2) is 17.1 Å². The fraction of sp³-hybridized carbons (Fsp3) is 0.200. The van der Waals surface area contributed by atoms with Crippen LogP contribution in [0.2, 0.25) is 5.02 Å². The Labute approximate surface area is 116 Å². The van der Waals surface area contributed by atoms with Crippen LogP contribution in [0.3, 0.4) is 0 Å². The van der Waals surface area contributed by atoms with Gasteiger partial charge in [0.25, 0.3) is 0 Å². The molecule has 2 N–H and O–H groups in total. The van der Waals surface area contributed by atoms with Crippen LogP contribution in [0.4, 0.5) is 5.82 Å². The molecule has 0 saturated carbocycles. The van der Waals surface area contributed by atoms with Crippen molar-refractivity contribution in [2.45, 2.75) is 6.61 Å². The summed E-state index contributed by atoms with van der Waals surface area (Å²) in [5.41, 5.74) is 6.54. The van der Waals surface area contributed by atoms with E-state index in [1.165, 1.54) is 11.3 Å². The van der Waals surface area contributed by atoms with Crippen LogP contribution < -0.4 is 5.73 Å². The molecular weight excluding hydrogens is 326 g/mol. The van der Waals surface area contributed by atoms with Crippen LogP contribution in [0, 0.1) is 0 Å². The highest BCUT2D eigenvalue weighted by atomic mass is 79.9. The van der Waals surface area contributed by atoms with Gasteiger partial charge in [0.2, 0.25) is 0 Å². The minimum Gasteiger partial charge on any atom is -0.383 e. The van der Waals surface area contributed by atoms with Crippen molar-refractivity contribution in [3.8, 4) is 10.7 Å². The third kappa shape index (κ3) is 2.77. The summed E-state index contributed by atoms with van der Waals surface area (Å²) in [7, 11) is 1.60. The third-order valence-corrected chi connectivity index (χ3v) is 4.15. The van der Waals surface area contributed by atoms with Crippen molar-refractivity contribution in [3.05, 3.63) is 26.6 Å². The fourth-order valence-electron chi connectivity index (χ4n) is 1.29. The molecule has 90 valence electrons. The third-order valence-electron chi connectivity index (χ3n) is 2.01. The fourth-order valence-corrected chi connectivity index (χ4v) is 2.58. The largest absolute Gasteiger partial charge is 0.383 e. The maximum absolute atomic E-state index is 5.87. The zero-order valence-electron chi connectivity index (χ0n) is 8.91. The van der Waals surface area contributed by atoms with E-state index in [2.05, 4.69) is 25.9 Å². The van der Waals surface area contributed by atoms with Gasteiger partial charge in [0.15, 0.2) is 5.82 Å². The highest BCUT2D eigenvalue weighted by Gasteiger charge is 2.12. The SMILES string of the molecule is COCc1nc(-c2cc(Cl)cs2)nc(N)c1Br. The molecule has 2 rings (SSSR count). The van der Waals surface area contributed by atoms with Gasteiger partial charge in [-0.1, -0.05) is 11.6 Å². The lowest BCUT2D eigenvalue weighted by Crippen LogP contribution is -2.03. The molecule has 4 nitrogen and oxygen atoms in total. The summed E-state index contributed by atoms with van der Waals surface area (Å²) < 4.78 is 5.73. The summed E-state index contributed by atoms with van der Waals surface area (Å²) in [6, 6.07) is 1.81. The lowest BCUT2D eigenvalue weighted by atomic mass is 10.3. The van der Waals surface area contributed by atoms with Crippen molar-refractivity contribution in [3.63, 3.8) is 0 Å². The zero-order chi connectivity index (χ0) is 12.4. The van der Waals surface area contributed by atoms with Crippen LogP contribution in [0.25, 0.3) is 10.7 Å². The van der Waals surface area contributed by atoms with Crippen molar-refractivity contribution in [2.24, 2.45) is 0 Å². The lowest BCUT2D eigenvalue weighted by Gasteiger charge is -2.07. The maximum atomic E-state index is 5.87. The number of nitrogen functional groups attached to an aromatic ring is 1. The summed E-state index contributed by atoms with van der Waals surface area (Å²) in [6.45, 7) is 0.374. The monoisotopic (exact) mass is 333 g/mol. The summed E-state index contributed by atoms with van der Waals surface area (Å²) in [6.07, 6.45) is 0. The molecule has 0 aliphatic carbocycles. The molecule has 17 heavy (non-hydrogen) atoms. The van der Waals surface area contributed by atoms with Crippen LogP contribution in [0.5, 0.6) is 0 Å². The van der Waals surface area contributed by atoms with E-state index >= 15 is 0 Å². The Hall–Kier alpha value is -0.690. The van der Waals surface area contributed by atoms with Crippen molar-refractivity contribution in [1.82, 2.24) is 9.97 Å². The van der Waals surface area contributed by atoms with E-state index < -0.39 is 0 Å². The van der Waals surface area contributed by atoms with Gasteiger partial charge in [0.05, 0.1) is 26.7 Å². The molecule has 2 heterocycles. The van der Waals surface area contributed by atoms with Crippen LogP contribution in [-0.2, 0) is 11.3 Å². The van der Waals surface area contributed by atoms with Gasteiger partial charge in [-0.05, 0) is 22.0 Å². The average Bonchev–Trinajstić information content (AvgIpc) is 2.71. The molecule has 2 aromatic heterocycles. The molecule has 7 heteroatoms. The van der Waals surface area contributed by atoms with Gasteiger partial charge in [-0.2, -0.15) is 0 Å². The van der Waals surface area contributed by atoms with Gasteiger partial charge in [-0.3, -0.25) is 0 Å². The molecule has 0 aliphatic heterocycles. The molecule has 0 atom stereocenters. The van der Waals surface area contributed by atoms with Gasteiger partial charge in [-0.25, -0.2) is 9.97 Å². The Morgan fingerprint density at radius 2 is 2.29 bits per heavy atom. The molecule has 0 bridgehead atoms. The first-order chi connectivity index (χ1) is 8.11. The number of halogens is 2. The van der Waals surface area contributed by atoms with E-state index in [1.807, 2.05) is 11.4 Å². The van der Waals surface area contributed by atoms with Gasteiger partial charge < -0.3 is 10.5 Å². The second-order valence-corrected chi connectivity index (χ2v) is 5.40. The normalized spacial score (nSPS) is 10.8. The van der Waals surface area contributed by atoms with E-state index in [-0.39, 0.29) is 0 Å². The van der Waals surface area contributed by atoms with Crippen molar-refractivity contribution in [2.75, 3.05) is 12.8 Å². The molecule has 0 saturated heterocycles. The molecule has 0 spiro atoms. The van der Waals surface area contributed by atoms with Gasteiger partial charge >= 0.3 is 0 Å². The zero-order valence-corrected chi connectivity index (χ0v) is 12.1. The number of hydrogen-bond donors (Lipinski definition) is 1. The van der Waals surface area contributed by atoms with E-state index in [0.29, 0.717) is 27.7 Å². The number of thiophene rings is 1. The smallest absolute Gasteiger partial charge is 0.172 e. The minimum absolute atomic E-state index is 0.374. The molecule has 0 aliphatic rings. The quantitative estimate of drug-likeness (QED) is 0.935. The summed E-state index contributed by atoms with van der Waals surface area (Å²) in [5.74, 6) is 0.959. The second-order valence-electron chi connectivity index (χ2n) is 3.26. The van der Waals surface area contributed by atoms with Crippen molar-refractivity contribution in [1.29, 1.82) is 0 Å². The highest BCUT2D eigenvalue weighted by Crippen LogP contribution is 2.30. The van der Waals surface area contributed by atoms with Gasteiger partial charge in [0, 0.05) is 12.5 Å². The number of aromatic nitrogens is 2. The predicted octanol–water partition coefficient (Wildman–Crippen LogP) is 3.35. The van der Waals surface area contributed by atoms with Crippen molar-refractivity contribution >= 4 is 44.7 Å². The maximum Gasteiger partial charge on any atom is 0.172 e. The minimum atomic E-state index is 0.374. The molecule has 0 aromatic carbocycles. The van der Waals surface area contributed by atoms with E-state index in [0.717, 1.165) is 10.6 Å². The number of nitrogens with two attached hydrogens (primary N) is 1. The first kappa shape index (κ1) is 12.8. The standard InChI is InChI=1S/C10H9BrClN3OS/c1-16-3-6-8(11)9(13)15-10(14-6)7-2-5(12)4-17-7/h2,4H,3H2,1H3,(H2,13,14,15). The van der Waals surface area contributed by atoms with E-state index in [4.69, 9.17) is 22.1 Å². The Balaban J connectivity index is 2.48. The average molecular weight is 335 g/mol. The Morgan fingerprint density at radius 3 is 2.88 bits per heavy atom. The molecular formula is C10H9BrClN3OS. The number of anilines is 1. The summed E-state index contributed by atoms with van der Waals surface area (Å²) in [5, 5.41) is 2.50. The number of rotatable bonds is 3. The Kier molecular flexibility index (Phi) is 3.98. The van der Waals surface area contributed by atoms with Crippen molar-refractivity contribution < 1.29 is 4.74 Å². The van der Waals surface area contributed by atoms with Gasteiger partial charge in [0.1, 0.15) is 5.82 Å². The number of hydrogen-bond acceptors (Lipinski definition) is 5. The number of methoxy groups -OCH3 is 1. The van der Waals surface area contributed by atoms with Gasteiger partial charge in [-0.15, -0.1) is 11.3 Å².